The number of carbonyl (C=O) groups excluding carboxylic acids is 2. The molecule has 2 saturated carbocycles. The minimum atomic E-state index is -0.0878. The van der Waals surface area contributed by atoms with E-state index in [1.165, 1.54) is 12.8 Å². The first-order chi connectivity index (χ1) is 8.74. The van der Waals surface area contributed by atoms with Gasteiger partial charge in [-0.2, -0.15) is 0 Å². The molecule has 3 rings (SSSR count). The highest BCUT2D eigenvalue weighted by Gasteiger charge is 2.37. The molecule has 0 radical (unpaired) electrons. The summed E-state index contributed by atoms with van der Waals surface area (Å²) < 4.78 is 5.33. The summed E-state index contributed by atoms with van der Waals surface area (Å²) in [6.07, 6.45) is 6.27. The van der Waals surface area contributed by atoms with Crippen LogP contribution in [-0.2, 0) is 14.3 Å². The minimum absolute atomic E-state index is 0.0831. The van der Waals surface area contributed by atoms with Crippen molar-refractivity contribution in [2.75, 3.05) is 19.7 Å². The number of likely N-dealkylation sites (tertiary alicyclic amines) is 1. The number of rotatable bonds is 4. The van der Waals surface area contributed by atoms with Crippen LogP contribution < -0.4 is 0 Å². The van der Waals surface area contributed by atoms with Crippen molar-refractivity contribution in [2.24, 2.45) is 17.8 Å². The molecule has 3 fully saturated rings. The Kier molecular flexibility index (Phi) is 3.27. The highest BCUT2D eigenvalue weighted by atomic mass is 16.5. The Labute approximate surface area is 108 Å². The van der Waals surface area contributed by atoms with Gasteiger partial charge in [0.2, 0.25) is 5.91 Å². The van der Waals surface area contributed by atoms with Gasteiger partial charge in [-0.25, -0.2) is 0 Å². The number of hydrogen-bond donors (Lipinski definition) is 0. The van der Waals surface area contributed by atoms with Crippen molar-refractivity contribution in [3.8, 4) is 0 Å². The molecule has 1 heterocycles. The van der Waals surface area contributed by atoms with Crippen molar-refractivity contribution in [1.29, 1.82) is 0 Å². The molecule has 4 heteroatoms. The van der Waals surface area contributed by atoms with Crippen molar-refractivity contribution < 1.29 is 14.3 Å². The molecule has 1 aliphatic heterocycles. The Bertz CT molecular complexity index is 347. The molecule has 4 nitrogen and oxygen atoms in total. The maximum absolute atomic E-state index is 12.0. The molecule has 0 bridgehead atoms. The molecular weight excluding hydrogens is 230 g/mol. The maximum Gasteiger partial charge on any atom is 0.310 e. The molecule has 1 amide bonds. The van der Waals surface area contributed by atoms with E-state index in [9.17, 15) is 9.59 Å². The van der Waals surface area contributed by atoms with Crippen LogP contribution in [-0.4, -0.2) is 36.5 Å². The van der Waals surface area contributed by atoms with Crippen LogP contribution >= 0.6 is 0 Å². The molecule has 0 aromatic carbocycles. The average Bonchev–Trinajstić information content (AvgIpc) is 3.28. The van der Waals surface area contributed by atoms with Gasteiger partial charge in [0.05, 0.1) is 12.5 Å². The Hall–Kier alpha value is -1.06. The van der Waals surface area contributed by atoms with Crippen molar-refractivity contribution in [3.05, 3.63) is 0 Å². The second-order valence-electron chi connectivity index (χ2n) is 5.97. The Morgan fingerprint density at radius 3 is 2.50 bits per heavy atom. The largest absolute Gasteiger partial charge is 0.465 e. The third-order valence-corrected chi connectivity index (χ3v) is 4.15. The number of nitrogens with zero attached hydrogens (tertiary/aromatic N) is 1. The fraction of sp³-hybridized carbons (Fsp3) is 0.857. The number of amides is 1. The Morgan fingerprint density at radius 2 is 1.83 bits per heavy atom. The lowest BCUT2D eigenvalue weighted by molar-refractivity contribution is -0.152. The van der Waals surface area contributed by atoms with Crippen LogP contribution in [0, 0.1) is 17.8 Å². The van der Waals surface area contributed by atoms with Crippen molar-refractivity contribution in [2.45, 2.75) is 38.5 Å². The van der Waals surface area contributed by atoms with E-state index in [4.69, 9.17) is 4.74 Å². The second-order valence-corrected chi connectivity index (χ2v) is 5.97. The first-order valence-electron chi connectivity index (χ1n) is 7.19. The van der Waals surface area contributed by atoms with E-state index in [-0.39, 0.29) is 23.7 Å². The van der Waals surface area contributed by atoms with E-state index < -0.39 is 0 Å². The molecule has 18 heavy (non-hydrogen) atoms. The standard InChI is InChI=1S/C14H21NO3/c16-13(11-5-6-11)15-7-1-2-12(8-15)14(17)18-9-10-3-4-10/h10-12H,1-9H2. The predicted octanol–water partition coefficient (Wildman–Crippen LogP) is 1.59. The van der Waals surface area contributed by atoms with E-state index in [2.05, 4.69) is 0 Å². The van der Waals surface area contributed by atoms with Gasteiger partial charge in [-0.3, -0.25) is 9.59 Å². The highest BCUT2D eigenvalue weighted by molar-refractivity contribution is 5.82. The van der Waals surface area contributed by atoms with Crippen LogP contribution in [0.25, 0.3) is 0 Å². The summed E-state index contributed by atoms with van der Waals surface area (Å²) in [5, 5.41) is 0. The van der Waals surface area contributed by atoms with Crippen LogP contribution in [0.3, 0.4) is 0 Å². The molecule has 1 saturated heterocycles. The molecule has 100 valence electrons. The molecular formula is C14H21NO3. The van der Waals surface area contributed by atoms with Gasteiger partial charge in [0.15, 0.2) is 0 Å². The quantitative estimate of drug-likeness (QED) is 0.713. The zero-order chi connectivity index (χ0) is 12.5. The molecule has 0 N–H and O–H groups in total. The predicted molar refractivity (Wildman–Crippen MR) is 65.7 cm³/mol. The summed E-state index contributed by atoms with van der Waals surface area (Å²) >= 11 is 0. The monoisotopic (exact) mass is 251 g/mol. The Morgan fingerprint density at radius 1 is 1.06 bits per heavy atom. The lowest BCUT2D eigenvalue weighted by Gasteiger charge is -2.31. The van der Waals surface area contributed by atoms with Crippen LogP contribution in [0.15, 0.2) is 0 Å². The van der Waals surface area contributed by atoms with Gasteiger partial charge in [0.25, 0.3) is 0 Å². The minimum Gasteiger partial charge on any atom is -0.465 e. The van der Waals surface area contributed by atoms with Gasteiger partial charge in [0, 0.05) is 19.0 Å². The third-order valence-electron chi connectivity index (χ3n) is 4.15. The zero-order valence-electron chi connectivity index (χ0n) is 10.8. The molecule has 0 spiro atoms. The first kappa shape index (κ1) is 12.0. The number of ether oxygens (including phenoxy) is 1. The van der Waals surface area contributed by atoms with Gasteiger partial charge >= 0.3 is 5.97 Å². The molecule has 2 aliphatic carbocycles. The highest BCUT2D eigenvalue weighted by Crippen LogP contribution is 2.33. The van der Waals surface area contributed by atoms with Crippen molar-refractivity contribution in [3.63, 3.8) is 0 Å². The van der Waals surface area contributed by atoms with E-state index in [1.807, 2.05) is 4.90 Å². The first-order valence-corrected chi connectivity index (χ1v) is 7.19. The number of piperidine rings is 1. The summed E-state index contributed by atoms with van der Waals surface area (Å²) in [5.41, 5.74) is 0. The smallest absolute Gasteiger partial charge is 0.310 e. The van der Waals surface area contributed by atoms with E-state index in [0.29, 0.717) is 19.1 Å². The topological polar surface area (TPSA) is 46.6 Å². The maximum atomic E-state index is 12.0. The van der Waals surface area contributed by atoms with E-state index in [0.717, 1.165) is 32.2 Å². The summed E-state index contributed by atoms with van der Waals surface area (Å²) in [7, 11) is 0. The van der Waals surface area contributed by atoms with Crippen LogP contribution in [0.5, 0.6) is 0 Å². The van der Waals surface area contributed by atoms with E-state index in [1.54, 1.807) is 0 Å². The molecule has 1 unspecified atom stereocenters. The summed E-state index contributed by atoms with van der Waals surface area (Å²) in [4.78, 5) is 25.8. The van der Waals surface area contributed by atoms with E-state index >= 15 is 0 Å². The normalized spacial score (nSPS) is 28.0. The molecule has 3 aliphatic rings. The van der Waals surface area contributed by atoms with Crippen molar-refractivity contribution in [1.82, 2.24) is 4.90 Å². The number of hydrogen-bond acceptors (Lipinski definition) is 3. The summed E-state index contributed by atoms with van der Waals surface area (Å²) in [6, 6.07) is 0. The summed E-state index contributed by atoms with van der Waals surface area (Å²) in [5.74, 6) is 0.957. The third kappa shape index (κ3) is 2.85. The van der Waals surface area contributed by atoms with Crippen molar-refractivity contribution >= 4 is 11.9 Å². The summed E-state index contributed by atoms with van der Waals surface area (Å²) in [6.45, 7) is 1.99. The van der Waals surface area contributed by atoms with Crippen LogP contribution in [0.1, 0.15) is 38.5 Å². The van der Waals surface area contributed by atoms with Gasteiger partial charge < -0.3 is 9.64 Å². The van der Waals surface area contributed by atoms with Gasteiger partial charge in [-0.15, -0.1) is 0 Å². The fourth-order valence-electron chi connectivity index (χ4n) is 2.56. The Balaban J connectivity index is 1.48. The van der Waals surface area contributed by atoms with Crippen LogP contribution in [0.4, 0.5) is 0 Å². The molecule has 0 aromatic heterocycles. The second kappa shape index (κ2) is 4.90. The van der Waals surface area contributed by atoms with Crippen LogP contribution in [0.2, 0.25) is 0 Å². The lowest BCUT2D eigenvalue weighted by Crippen LogP contribution is -2.43. The molecule has 1 atom stereocenters. The number of carbonyl (C=O) groups is 2. The SMILES string of the molecule is O=C(OCC1CC1)C1CCCN(C(=O)C2CC2)C1. The zero-order valence-corrected chi connectivity index (χ0v) is 10.8. The molecule has 0 aromatic rings. The lowest BCUT2D eigenvalue weighted by atomic mass is 9.98. The average molecular weight is 251 g/mol. The fourth-order valence-corrected chi connectivity index (χ4v) is 2.56. The van der Waals surface area contributed by atoms with Gasteiger partial charge in [-0.1, -0.05) is 0 Å². The van der Waals surface area contributed by atoms with Gasteiger partial charge in [0.1, 0.15) is 0 Å². The van der Waals surface area contributed by atoms with Gasteiger partial charge in [-0.05, 0) is 44.4 Å². The number of esters is 1.